The maximum Gasteiger partial charge on any atom is 0.00922 e. The SMILES string of the molecule is CN(CCCNCCC(C)(C)C)C1CCCCC1. The Hall–Kier alpha value is -0.0800. The minimum absolute atomic E-state index is 0.464. The fourth-order valence-electron chi connectivity index (χ4n) is 2.75. The quantitative estimate of drug-likeness (QED) is 0.697. The van der Waals surface area contributed by atoms with Crippen LogP contribution in [0, 0.1) is 5.41 Å². The van der Waals surface area contributed by atoms with Gasteiger partial charge in [-0.15, -0.1) is 0 Å². The van der Waals surface area contributed by atoms with E-state index >= 15 is 0 Å². The first-order valence-corrected chi connectivity index (χ1v) is 7.90. The molecule has 0 saturated heterocycles. The van der Waals surface area contributed by atoms with Crippen LogP contribution in [0.15, 0.2) is 0 Å². The van der Waals surface area contributed by atoms with E-state index in [0.717, 1.165) is 12.6 Å². The molecule has 0 aromatic heterocycles. The van der Waals surface area contributed by atoms with E-state index in [1.54, 1.807) is 0 Å². The van der Waals surface area contributed by atoms with Gasteiger partial charge < -0.3 is 10.2 Å². The maximum absolute atomic E-state index is 3.57. The second-order valence-electron chi connectivity index (χ2n) is 7.19. The summed E-state index contributed by atoms with van der Waals surface area (Å²) in [6, 6.07) is 0.869. The molecule has 1 saturated carbocycles. The van der Waals surface area contributed by atoms with Crippen LogP contribution in [0.1, 0.15) is 65.7 Å². The normalized spacial score (nSPS) is 18.5. The monoisotopic (exact) mass is 254 g/mol. The van der Waals surface area contributed by atoms with Gasteiger partial charge >= 0.3 is 0 Å². The zero-order valence-corrected chi connectivity index (χ0v) is 13.1. The van der Waals surface area contributed by atoms with Gasteiger partial charge in [-0.2, -0.15) is 0 Å². The third-order valence-corrected chi connectivity index (χ3v) is 4.11. The summed E-state index contributed by atoms with van der Waals surface area (Å²) in [4.78, 5) is 2.59. The van der Waals surface area contributed by atoms with E-state index in [-0.39, 0.29) is 0 Å². The first-order chi connectivity index (χ1) is 8.49. The van der Waals surface area contributed by atoms with Gasteiger partial charge in [0.2, 0.25) is 0 Å². The highest BCUT2D eigenvalue weighted by atomic mass is 15.1. The molecule has 0 heterocycles. The van der Waals surface area contributed by atoms with Crippen molar-refractivity contribution in [2.45, 2.75) is 71.8 Å². The Bertz CT molecular complexity index is 202. The number of hydrogen-bond acceptors (Lipinski definition) is 2. The average molecular weight is 254 g/mol. The summed E-state index contributed by atoms with van der Waals surface area (Å²) in [5.74, 6) is 0. The van der Waals surface area contributed by atoms with Crippen LogP contribution in [0.25, 0.3) is 0 Å². The predicted molar refractivity (Wildman–Crippen MR) is 81.1 cm³/mol. The Balaban J connectivity index is 1.96. The summed E-state index contributed by atoms with van der Waals surface area (Å²) < 4.78 is 0. The summed E-state index contributed by atoms with van der Waals surface area (Å²) in [6.45, 7) is 10.5. The Morgan fingerprint density at radius 3 is 2.33 bits per heavy atom. The molecule has 1 N–H and O–H groups in total. The molecule has 0 radical (unpaired) electrons. The summed E-state index contributed by atoms with van der Waals surface area (Å²) >= 11 is 0. The second-order valence-corrected chi connectivity index (χ2v) is 7.19. The first-order valence-electron chi connectivity index (χ1n) is 7.90. The molecule has 1 rings (SSSR count). The Labute approximate surface area is 115 Å². The molecule has 2 nitrogen and oxygen atoms in total. The highest BCUT2D eigenvalue weighted by Gasteiger charge is 2.17. The van der Waals surface area contributed by atoms with Crippen molar-refractivity contribution in [1.29, 1.82) is 0 Å². The Kier molecular flexibility index (Phi) is 7.25. The second kappa shape index (κ2) is 8.16. The Morgan fingerprint density at radius 1 is 1.06 bits per heavy atom. The molecule has 0 amide bonds. The van der Waals surface area contributed by atoms with E-state index in [4.69, 9.17) is 0 Å². The van der Waals surface area contributed by atoms with Crippen molar-refractivity contribution in [1.82, 2.24) is 10.2 Å². The van der Waals surface area contributed by atoms with Gasteiger partial charge in [-0.05, 0) is 57.8 Å². The lowest BCUT2D eigenvalue weighted by molar-refractivity contribution is 0.189. The van der Waals surface area contributed by atoms with Crippen molar-refractivity contribution in [3.05, 3.63) is 0 Å². The van der Waals surface area contributed by atoms with Gasteiger partial charge in [-0.1, -0.05) is 40.0 Å². The van der Waals surface area contributed by atoms with Crippen LogP contribution in [-0.2, 0) is 0 Å². The number of nitrogens with zero attached hydrogens (tertiary/aromatic N) is 1. The average Bonchev–Trinajstić information content (AvgIpc) is 2.33. The van der Waals surface area contributed by atoms with Gasteiger partial charge in [-0.25, -0.2) is 0 Å². The minimum Gasteiger partial charge on any atom is -0.317 e. The van der Waals surface area contributed by atoms with Crippen LogP contribution >= 0.6 is 0 Å². The highest BCUT2D eigenvalue weighted by Crippen LogP contribution is 2.21. The van der Waals surface area contributed by atoms with E-state index < -0.39 is 0 Å². The number of rotatable bonds is 7. The van der Waals surface area contributed by atoms with Crippen LogP contribution in [0.2, 0.25) is 0 Å². The predicted octanol–water partition coefficient (Wildman–Crippen LogP) is 3.67. The standard InChI is InChI=1S/C16H34N2/c1-16(2,3)11-13-17-12-8-14-18(4)15-9-6-5-7-10-15/h15,17H,5-14H2,1-4H3. The molecule has 0 unspecified atom stereocenters. The first kappa shape index (κ1) is 16.0. The zero-order valence-electron chi connectivity index (χ0n) is 13.1. The lowest BCUT2D eigenvalue weighted by atomic mass is 9.92. The van der Waals surface area contributed by atoms with E-state index in [0.29, 0.717) is 5.41 Å². The molecule has 1 aliphatic carbocycles. The smallest absolute Gasteiger partial charge is 0.00922 e. The molecule has 0 aromatic rings. The third kappa shape index (κ3) is 7.38. The van der Waals surface area contributed by atoms with Gasteiger partial charge in [0.05, 0.1) is 0 Å². The summed E-state index contributed by atoms with van der Waals surface area (Å²) in [6.07, 6.45) is 9.75. The highest BCUT2D eigenvalue weighted by molar-refractivity contribution is 4.73. The molecule has 18 heavy (non-hydrogen) atoms. The number of hydrogen-bond donors (Lipinski definition) is 1. The van der Waals surface area contributed by atoms with Crippen molar-refractivity contribution >= 4 is 0 Å². The fraction of sp³-hybridized carbons (Fsp3) is 1.00. The molecule has 1 fully saturated rings. The summed E-state index contributed by atoms with van der Waals surface area (Å²) in [7, 11) is 2.31. The summed E-state index contributed by atoms with van der Waals surface area (Å²) in [5, 5.41) is 3.57. The molecule has 1 aliphatic rings. The van der Waals surface area contributed by atoms with Crippen LogP contribution in [-0.4, -0.2) is 37.6 Å². The lowest BCUT2D eigenvalue weighted by Gasteiger charge is -2.31. The molecule has 0 spiro atoms. The molecule has 2 heteroatoms. The van der Waals surface area contributed by atoms with E-state index in [9.17, 15) is 0 Å². The molecule has 0 aromatic carbocycles. The van der Waals surface area contributed by atoms with Crippen molar-refractivity contribution < 1.29 is 0 Å². The van der Waals surface area contributed by atoms with Crippen LogP contribution in [0.5, 0.6) is 0 Å². The van der Waals surface area contributed by atoms with E-state index in [2.05, 4.69) is 38.0 Å². The Morgan fingerprint density at radius 2 is 1.72 bits per heavy atom. The summed E-state index contributed by atoms with van der Waals surface area (Å²) in [5.41, 5.74) is 0.464. The third-order valence-electron chi connectivity index (χ3n) is 4.11. The van der Waals surface area contributed by atoms with Gasteiger partial charge in [0, 0.05) is 6.04 Å². The van der Waals surface area contributed by atoms with Crippen LogP contribution in [0.4, 0.5) is 0 Å². The van der Waals surface area contributed by atoms with Crippen LogP contribution in [0.3, 0.4) is 0 Å². The van der Waals surface area contributed by atoms with Gasteiger partial charge in [-0.3, -0.25) is 0 Å². The van der Waals surface area contributed by atoms with Crippen molar-refractivity contribution in [2.24, 2.45) is 5.41 Å². The lowest BCUT2D eigenvalue weighted by Crippen LogP contribution is -2.35. The topological polar surface area (TPSA) is 15.3 Å². The largest absolute Gasteiger partial charge is 0.317 e. The maximum atomic E-state index is 3.57. The molecular formula is C16H34N2. The van der Waals surface area contributed by atoms with Gasteiger partial charge in [0.1, 0.15) is 0 Å². The minimum atomic E-state index is 0.464. The van der Waals surface area contributed by atoms with Crippen molar-refractivity contribution in [3.63, 3.8) is 0 Å². The van der Waals surface area contributed by atoms with Crippen molar-refractivity contribution in [2.75, 3.05) is 26.7 Å². The molecule has 0 aliphatic heterocycles. The van der Waals surface area contributed by atoms with Crippen LogP contribution < -0.4 is 5.32 Å². The van der Waals surface area contributed by atoms with E-state index in [1.165, 1.54) is 58.0 Å². The van der Waals surface area contributed by atoms with E-state index in [1.807, 2.05) is 0 Å². The zero-order chi connectivity index (χ0) is 13.4. The van der Waals surface area contributed by atoms with Gasteiger partial charge in [0.15, 0.2) is 0 Å². The molecule has 108 valence electrons. The molecule has 0 atom stereocenters. The number of nitrogens with one attached hydrogen (secondary N) is 1. The van der Waals surface area contributed by atoms with Crippen molar-refractivity contribution in [3.8, 4) is 0 Å². The van der Waals surface area contributed by atoms with Gasteiger partial charge in [0.25, 0.3) is 0 Å². The molecular weight excluding hydrogens is 220 g/mol. The fourth-order valence-corrected chi connectivity index (χ4v) is 2.75. The molecule has 0 bridgehead atoms.